The molecule has 0 amide bonds. The molecule has 0 aliphatic carbocycles. The van der Waals surface area contributed by atoms with Crippen LogP contribution in [-0.4, -0.2) is 23.0 Å². The molecule has 0 aliphatic heterocycles. The van der Waals surface area contributed by atoms with Crippen LogP contribution in [0.4, 0.5) is 4.39 Å². The van der Waals surface area contributed by atoms with E-state index in [-0.39, 0.29) is 18.3 Å². The molecule has 1 aromatic heterocycles. The fourth-order valence-corrected chi connectivity index (χ4v) is 2.15. The molecular formula is C18H15FN2O4. The fraction of sp³-hybridized carbons (Fsp3) is 0.167. The molecule has 0 saturated carbocycles. The Labute approximate surface area is 143 Å². The number of rotatable bonds is 7. The molecule has 2 aromatic carbocycles. The van der Waals surface area contributed by atoms with E-state index in [1.165, 1.54) is 12.1 Å². The number of nitrogens with zero attached hydrogens (tertiary/aromatic N) is 2. The van der Waals surface area contributed by atoms with E-state index in [4.69, 9.17) is 14.0 Å². The van der Waals surface area contributed by atoms with Crippen molar-refractivity contribution in [3.05, 3.63) is 59.7 Å². The lowest BCUT2D eigenvalue weighted by Gasteiger charge is -2.10. The Morgan fingerprint density at radius 3 is 2.64 bits per heavy atom. The third-order valence-corrected chi connectivity index (χ3v) is 3.33. The predicted molar refractivity (Wildman–Crippen MR) is 87.0 cm³/mol. The Morgan fingerprint density at radius 2 is 1.92 bits per heavy atom. The van der Waals surface area contributed by atoms with Gasteiger partial charge in [-0.25, -0.2) is 4.39 Å². The van der Waals surface area contributed by atoms with Crippen LogP contribution in [0.1, 0.15) is 23.2 Å². The first-order chi connectivity index (χ1) is 12.2. The summed E-state index contributed by atoms with van der Waals surface area (Å²) >= 11 is 0. The average molecular weight is 342 g/mol. The summed E-state index contributed by atoms with van der Waals surface area (Å²) in [6.07, 6.45) is 0.735. The van der Waals surface area contributed by atoms with Crippen LogP contribution in [0.25, 0.3) is 11.4 Å². The van der Waals surface area contributed by atoms with Crippen molar-refractivity contribution in [2.45, 2.75) is 13.5 Å². The van der Waals surface area contributed by atoms with Crippen LogP contribution in [0.2, 0.25) is 0 Å². The number of aromatic nitrogens is 2. The van der Waals surface area contributed by atoms with Crippen LogP contribution < -0.4 is 9.47 Å². The first-order valence-electron chi connectivity index (χ1n) is 7.63. The van der Waals surface area contributed by atoms with Gasteiger partial charge in [-0.2, -0.15) is 4.98 Å². The molecule has 0 radical (unpaired) electrons. The quantitative estimate of drug-likeness (QED) is 0.610. The van der Waals surface area contributed by atoms with Crippen molar-refractivity contribution in [2.24, 2.45) is 0 Å². The molecule has 25 heavy (non-hydrogen) atoms. The minimum Gasteiger partial charge on any atom is -0.490 e. The molecule has 6 nitrogen and oxygen atoms in total. The molecule has 7 heteroatoms. The molecule has 3 rings (SSSR count). The van der Waals surface area contributed by atoms with Gasteiger partial charge < -0.3 is 14.0 Å². The van der Waals surface area contributed by atoms with E-state index in [1.807, 2.05) is 6.92 Å². The minimum atomic E-state index is -0.335. The van der Waals surface area contributed by atoms with Crippen molar-refractivity contribution in [3.8, 4) is 22.9 Å². The zero-order valence-electron chi connectivity index (χ0n) is 13.4. The van der Waals surface area contributed by atoms with Gasteiger partial charge in [0.2, 0.25) is 5.82 Å². The Morgan fingerprint density at radius 1 is 1.12 bits per heavy atom. The van der Waals surface area contributed by atoms with Gasteiger partial charge >= 0.3 is 0 Å². The number of hydrogen-bond donors (Lipinski definition) is 0. The fourth-order valence-electron chi connectivity index (χ4n) is 2.15. The lowest BCUT2D eigenvalue weighted by molar-refractivity contribution is 0.112. The van der Waals surface area contributed by atoms with Gasteiger partial charge in [0.25, 0.3) is 5.89 Å². The molecule has 0 fully saturated rings. The molecule has 0 bridgehead atoms. The molecule has 0 N–H and O–H groups in total. The number of hydrogen-bond acceptors (Lipinski definition) is 6. The summed E-state index contributed by atoms with van der Waals surface area (Å²) in [6, 6.07) is 10.7. The molecular weight excluding hydrogens is 327 g/mol. The highest BCUT2D eigenvalue weighted by Gasteiger charge is 2.12. The van der Waals surface area contributed by atoms with E-state index in [1.54, 1.807) is 30.3 Å². The van der Waals surface area contributed by atoms with Gasteiger partial charge in [0.05, 0.1) is 6.61 Å². The first kappa shape index (κ1) is 16.6. The van der Waals surface area contributed by atoms with Gasteiger partial charge in [-0.05, 0) is 49.4 Å². The van der Waals surface area contributed by atoms with Crippen molar-refractivity contribution in [2.75, 3.05) is 6.61 Å². The molecule has 0 aliphatic rings. The molecule has 0 unspecified atom stereocenters. The second kappa shape index (κ2) is 7.57. The Balaban J connectivity index is 1.72. The van der Waals surface area contributed by atoms with Crippen LogP contribution in [0.5, 0.6) is 11.5 Å². The maximum absolute atomic E-state index is 13.0. The van der Waals surface area contributed by atoms with Crippen molar-refractivity contribution < 1.29 is 23.2 Å². The molecule has 128 valence electrons. The van der Waals surface area contributed by atoms with E-state index in [0.29, 0.717) is 35.1 Å². The SMILES string of the molecule is CCOc1cc(C=O)ccc1OCc1nc(-c2ccc(F)cc2)no1. The van der Waals surface area contributed by atoms with E-state index >= 15 is 0 Å². The largest absolute Gasteiger partial charge is 0.490 e. The summed E-state index contributed by atoms with van der Waals surface area (Å²) in [5.74, 6) is 1.21. The van der Waals surface area contributed by atoms with Crippen LogP contribution in [0.3, 0.4) is 0 Å². The molecule has 1 heterocycles. The highest BCUT2D eigenvalue weighted by atomic mass is 19.1. The van der Waals surface area contributed by atoms with Crippen LogP contribution >= 0.6 is 0 Å². The number of benzene rings is 2. The van der Waals surface area contributed by atoms with E-state index in [9.17, 15) is 9.18 Å². The van der Waals surface area contributed by atoms with Crippen molar-refractivity contribution in [3.63, 3.8) is 0 Å². The van der Waals surface area contributed by atoms with Crippen molar-refractivity contribution in [1.29, 1.82) is 0 Å². The topological polar surface area (TPSA) is 74.5 Å². The highest BCUT2D eigenvalue weighted by Crippen LogP contribution is 2.29. The Kier molecular flexibility index (Phi) is 5.03. The van der Waals surface area contributed by atoms with Gasteiger partial charge in [-0.15, -0.1) is 0 Å². The average Bonchev–Trinajstić information content (AvgIpc) is 3.10. The Bertz CT molecular complexity index is 862. The normalized spacial score (nSPS) is 10.5. The van der Waals surface area contributed by atoms with E-state index in [2.05, 4.69) is 10.1 Å². The second-order valence-corrected chi connectivity index (χ2v) is 5.06. The lowest BCUT2D eigenvalue weighted by Crippen LogP contribution is -2.00. The number of aldehydes is 1. The summed E-state index contributed by atoms with van der Waals surface area (Å²) in [6.45, 7) is 2.31. The second-order valence-electron chi connectivity index (χ2n) is 5.06. The van der Waals surface area contributed by atoms with Gasteiger partial charge in [0.15, 0.2) is 18.1 Å². The number of carbonyl (C=O) groups excluding carboxylic acids is 1. The summed E-state index contributed by atoms with van der Waals surface area (Å²) in [5.41, 5.74) is 1.13. The highest BCUT2D eigenvalue weighted by molar-refractivity contribution is 5.76. The first-order valence-corrected chi connectivity index (χ1v) is 7.63. The maximum atomic E-state index is 13.0. The van der Waals surface area contributed by atoms with Crippen LogP contribution in [-0.2, 0) is 6.61 Å². The molecule has 0 saturated heterocycles. The lowest BCUT2D eigenvalue weighted by atomic mass is 10.2. The summed E-state index contributed by atoms with van der Waals surface area (Å²) in [7, 11) is 0. The van der Waals surface area contributed by atoms with Gasteiger partial charge in [-0.1, -0.05) is 5.16 Å². The van der Waals surface area contributed by atoms with Crippen LogP contribution in [0, 0.1) is 5.82 Å². The predicted octanol–water partition coefficient (Wildman–Crippen LogP) is 3.67. The molecule has 3 aromatic rings. The van der Waals surface area contributed by atoms with Gasteiger partial charge in [0.1, 0.15) is 12.1 Å². The number of halogens is 1. The molecule has 0 spiro atoms. The third-order valence-electron chi connectivity index (χ3n) is 3.33. The smallest absolute Gasteiger partial charge is 0.264 e. The monoisotopic (exact) mass is 342 g/mol. The minimum absolute atomic E-state index is 0.0364. The van der Waals surface area contributed by atoms with E-state index in [0.717, 1.165) is 6.29 Å². The van der Waals surface area contributed by atoms with Gasteiger partial charge in [0, 0.05) is 11.1 Å². The summed E-state index contributed by atoms with van der Waals surface area (Å²) in [4.78, 5) is 15.1. The van der Waals surface area contributed by atoms with Crippen molar-refractivity contribution >= 4 is 6.29 Å². The molecule has 0 atom stereocenters. The number of carbonyl (C=O) groups is 1. The third kappa shape index (κ3) is 4.00. The van der Waals surface area contributed by atoms with E-state index < -0.39 is 0 Å². The standard InChI is InChI=1S/C18H15FN2O4/c1-2-23-16-9-12(10-22)3-8-15(16)24-11-17-20-18(21-25-17)13-4-6-14(19)7-5-13/h3-10H,2,11H2,1H3. The zero-order valence-corrected chi connectivity index (χ0v) is 13.4. The van der Waals surface area contributed by atoms with Crippen molar-refractivity contribution in [1.82, 2.24) is 10.1 Å². The van der Waals surface area contributed by atoms with Gasteiger partial charge in [-0.3, -0.25) is 4.79 Å². The van der Waals surface area contributed by atoms with Crippen LogP contribution in [0.15, 0.2) is 47.0 Å². The summed E-state index contributed by atoms with van der Waals surface area (Å²) in [5, 5.41) is 3.85. The maximum Gasteiger partial charge on any atom is 0.264 e. The Hall–Kier alpha value is -3.22. The zero-order chi connectivity index (χ0) is 17.6. The number of ether oxygens (including phenoxy) is 2. The summed E-state index contributed by atoms with van der Waals surface area (Å²) < 4.78 is 29.2.